The lowest BCUT2D eigenvalue weighted by Crippen LogP contribution is -2.26. The monoisotopic (exact) mass is 478 g/mol. The van der Waals surface area contributed by atoms with Crippen molar-refractivity contribution in [2.75, 3.05) is 16.2 Å². The van der Waals surface area contributed by atoms with Crippen molar-refractivity contribution in [3.8, 4) is 0 Å². The van der Waals surface area contributed by atoms with Gasteiger partial charge in [0.1, 0.15) is 4.21 Å². The number of nitrogens with zero attached hydrogens (tertiary/aromatic N) is 1. The van der Waals surface area contributed by atoms with Crippen LogP contribution in [0.25, 0.3) is 0 Å². The van der Waals surface area contributed by atoms with Gasteiger partial charge in [-0.05, 0) is 42.3 Å². The van der Waals surface area contributed by atoms with Crippen LogP contribution < -0.4 is 9.62 Å². The predicted octanol–water partition coefficient (Wildman–Crippen LogP) is 5.71. The van der Waals surface area contributed by atoms with Crippen LogP contribution in [0.5, 0.6) is 0 Å². The van der Waals surface area contributed by atoms with Crippen molar-refractivity contribution >= 4 is 50.3 Å². The molecule has 0 fully saturated rings. The van der Waals surface area contributed by atoms with Crippen LogP contribution >= 0.6 is 22.9 Å². The summed E-state index contributed by atoms with van der Waals surface area (Å²) in [5.41, 5.74) is 1.83. The second-order valence-electron chi connectivity index (χ2n) is 6.96. The quantitative estimate of drug-likeness (QED) is 0.390. The Labute approximate surface area is 191 Å². The first-order valence-corrected chi connectivity index (χ1v) is 12.4. The molecule has 9 heteroatoms. The number of anilines is 2. The van der Waals surface area contributed by atoms with Gasteiger partial charge in [-0.15, -0.1) is 11.3 Å². The molecular formula is C22H23ClN2O4S2. The number of carboxylic acid groups (broad SMARTS) is 1. The first-order chi connectivity index (χ1) is 14.8. The molecular weight excluding hydrogens is 456 g/mol. The van der Waals surface area contributed by atoms with Crippen LogP contribution in [0.1, 0.15) is 35.7 Å². The molecule has 0 aliphatic carbocycles. The molecule has 0 radical (unpaired) electrons. The summed E-state index contributed by atoms with van der Waals surface area (Å²) in [6, 6.07) is 17.3. The highest BCUT2D eigenvalue weighted by molar-refractivity contribution is 7.94. The zero-order chi connectivity index (χ0) is 22.4. The maximum Gasteiger partial charge on any atom is 0.337 e. The van der Waals surface area contributed by atoms with Crippen LogP contribution in [0.3, 0.4) is 0 Å². The predicted molar refractivity (Wildman–Crippen MR) is 126 cm³/mol. The van der Waals surface area contributed by atoms with E-state index in [9.17, 15) is 18.3 Å². The molecule has 1 heterocycles. The average Bonchev–Trinajstić information content (AvgIpc) is 3.19. The fourth-order valence-electron chi connectivity index (χ4n) is 3.13. The van der Waals surface area contributed by atoms with E-state index >= 15 is 0 Å². The number of carbonyl (C=O) groups is 1. The van der Waals surface area contributed by atoms with E-state index in [0.717, 1.165) is 29.7 Å². The van der Waals surface area contributed by atoms with E-state index in [0.29, 0.717) is 23.1 Å². The van der Waals surface area contributed by atoms with Gasteiger partial charge in [-0.3, -0.25) is 4.72 Å². The van der Waals surface area contributed by atoms with E-state index in [1.165, 1.54) is 18.2 Å². The fourth-order valence-corrected chi connectivity index (χ4v) is 5.66. The van der Waals surface area contributed by atoms with Crippen molar-refractivity contribution in [3.63, 3.8) is 0 Å². The SMILES string of the molecule is CCCCN(Cc1ccccc1)c1ccc(NS(=O)(=O)c2ccc(Cl)s2)cc1C(=O)O. The Morgan fingerprint density at radius 2 is 1.87 bits per heavy atom. The first kappa shape index (κ1) is 23.1. The van der Waals surface area contributed by atoms with Crippen LogP contribution in [0.4, 0.5) is 11.4 Å². The molecule has 0 aliphatic heterocycles. The van der Waals surface area contributed by atoms with Gasteiger partial charge < -0.3 is 10.0 Å². The number of carboxylic acids is 1. The molecule has 3 rings (SSSR count). The molecule has 0 spiro atoms. The van der Waals surface area contributed by atoms with E-state index < -0.39 is 16.0 Å². The number of hydrogen-bond acceptors (Lipinski definition) is 5. The summed E-state index contributed by atoms with van der Waals surface area (Å²) in [5.74, 6) is -1.12. The molecule has 164 valence electrons. The Balaban J connectivity index is 1.93. The minimum Gasteiger partial charge on any atom is -0.478 e. The lowest BCUT2D eigenvalue weighted by molar-refractivity contribution is 0.0697. The molecule has 0 bridgehead atoms. The summed E-state index contributed by atoms with van der Waals surface area (Å²) >= 11 is 6.78. The second kappa shape index (κ2) is 10.2. The number of benzene rings is 2. The van der Waals surface area contributed by atoms with Gasteiger partial charge in [0.05, 0.1) is 15.6 Å². The number of hydrogen-bond donors (Lipinski definition) is 2. The van der Waals surface area contributed by atoms with Crippen molar-refractivity contribution in [2.24, 2.45) is 0 Å². The Kier molecular flexibility index (Phi) is 7.59. The molecule has 3 aromatic rings. The molecule has 0 atom stereocenters. The third-order valence-corrected chi connectivity index (χ3v) is 7.74. The van der Waals surface area contributed by atoms with Gasteiger partial charge in [-0.2, -0.15) is 0 Å². The standard InChI is InChI=1S/C22H23ClN2O4S2/c1-2-3-13-25(15-16-7-5-4-6-8-16)19-10-9-17(14-18(19)22(26)27)24-31(28,29)21-12-11-20(23)30-21/h4-12,14,24H,2-3,13,15H2,1H3,(H,26,27). The Morgan fingerprint density at radius 1 is 1.13 bits per heavy atom. The third kappa shape index (κ3) is 6.00. The summed E-state index contributed by atoms with van der Waals surface area (Å²) in [6.45, 7) is 3.32. The van der Waals surface area contributed by atoms with E-state index in [4.69, 9.17) is 11.6 Å². The molecule has 2 N–H and O–H groups in total. The second-order valence-corrected chi connectivity index (χ2v) is 10.6. The van der Waals surface area contributed by atoms with E-state index in [-0.39, 0.29) is 15.5 Å². The normalized spacial score (nSPS) is 11.3. The van der Waals surface area contributed by atoms with Crippen molar-refractivity contribution in [1.29, 1.82) is 0 Å². The number of nitrogens with one attached hydrogen (secondary N) is 1. The van der Waals surface area contributed by atoms with Crippen LogP contribution in [0, 0.1) is 0 Å². The van der Waals surface area contributed by atoms with E-state index in [1.54, 1.807) is 12.1 Å². The molecule has 31 heavy (non-hydrogen) atoms. The van der Waals surface area contributed by atoms with Gasteiger partial charge >= 0.3 is 5.97 Å². The maximum atomic E-state index is 12.6. The summed E-state index contributed by atoms with van der Waals surface area (Å²) in [7, 11) is -3.85. The van der Waals surface area contributed by atoms with Gasteiger partial charge in [0.2, 0.25) is 0 Å². The molecule has 0 saturated carbocycles. The molecule has 0 aliphatic rings. The highest BCUT2D eigenvalue weighted by Crippen LogP contribution is 2.30. The molecule has 0 saturated heterocycles. The summed E-state index contributed by atoms with van der Waals surface area (Å²) in [5, 5.41) is 9.83. The Morgan fingerprint density at radius 3 is 2.48 bits per heavy atom. The van der Waals surface area contributed by atoms with E-state index in [1.807, 2.05) is 35.2 Å². The Hall–Kier alpha value is -2.55. The Bertz CT molecular complexity index is 1150. The van der Waals surface area contributed by atoms with E-state index in [2.05, 4.69) is 11.6 Å². The van der Waals surface area contributed by atoms with Crippen LogP contribution in [0.2, 0.25) is 4.34 Å². The first-order valence-electron chi connectivity index (χ1n) is 9.74. The average molecular weight is 479 g/mol. The van der Waals surface area contributed by atoms with Crippen LogP contribution in [-0.4, -0.2) is 26.0 Å². The van der Waals surface area contributed by atoms with Crippen molar-refractivity contribution in [3.05, 3.63) is 76.1 Å². The summed E-state index contributed by atoms with van der Waals surface area (Å²) in [6.07, 6.45) is 1.87. The van der Waals surface area contributed by atoms with Gasteiger partial charge in [0.15, 0.2) is 0 Å². The largest absolute Gasteiger partial charge is 0.478 e. The number of unbranched alkanes of at least 4 members (excludes halogenated alkanes) is 1. The number of halogens is 1. The van der Waals surface area contributed by atoms with Gasteiger partial charge in [0, 0.05) is 18.8 Å². The van der Waals surface area contributed by atoms with Crippen LogP contribution in [0.15, 0.2) is 64.9 Å². The smallest absolute Gasteiger partial charge is 0.337 e. The number of thiophene rings is 1. The minimum absolute atomic E-state index is 0.0384. The highest BCUT2D eigenvalue weighted by Gasteiger charge is 2.21. The number of aromatic carboxylic acids is 1. The van der Waals surface area contributed by atoms with Crippen molar-refractivity contribution in [2.45, 2.75) is 30.5 Å². The summed E-state index contributed by atoms with van der Waals surface area (Å²) in [4.78, 5) is 14.0. The fraction of sp³-hybridized carbons (Fsp3) is 0.227. The van der Waals surface area contributed by atoms with Gasteiger partial charge in [0.25, 0.3) is 10.0 Å². The highest BCUT2D eigenvalue weighted by atomic mass is 35.5. The zero-order valence-electron chi connectivity index (χ0n) is 16.9. The number of sulfonamides is 1. The maximum absolute atomic E-state index is 12.6. The molecule has 6 nitrogen and oxygen atoms in total. The van der Waals surface area contributed by atoms with Crippen molar-refractivity contribution < 1.29 is 18.3 Å². The molecule has 0 unspecified atom stereocenters. The zero-order valence-corrected chi connectivity index (χ0v) is 19.3. The molecule has 1 aromatic heterocycles. The lowest BCUT2D eigenvalue weighted by atomic mass is 10.1. The van der Waals surface area contributed by atoms with Crippen molar-refractivity contribution in [1.82, 2.24) is 0 Å². The summed E-state index contributed by atoms with van der Waals surface area (Å²) < 4.78 is 28.0. The van der Waals surface area contributed by atoms with Crippen LogP contribution in [-0.2, 0) is 16.6 Å². The van der Waals surface area contributed by atoms with Gasteiger partial charge in [-0.1, -0.05) is 55.3 Å². The number of rotatable bonds is 10. The van der Waals surface area contributed by atoms with Gasteiger partial charge in [-0.25, -0.2) is 13.2 Å². The third-order valence-electron chi connectivity index (χ3n) is 4.63. The molecule has 0 amide bonds. The molecule has 2 aromatic carbocycles. The topological polar surface area (TPSA) is 86.7 Å². The lowest BCUT2D eigenvalue weighted by Gasteiger charge is -2.27. The minimum atomic E-state index is -3.85.